The van der Waals surface area contributed by atoms with E-state index in [0.717, 1.165) is 130 Å². The number of anilines is 6. The van der Waals surface area contributed by atoms with Crippen molar-refractivity contribution in [2.24, 2.45) is 10.8 Å². The normalized spacial score (nSPS) is 15.2. The monoisotopic (exact) mass is 754 g/mol. The molecule has 0 radical (unpaired) electrons. The van der Waals surface area contributed by atoms with Gasteiger partial charge in [0.15, 0.2) is 0 Å². The van der Waals surface area contributed by atoms with Gasteiger partial charge in [-0.15, -0.1) is 0 Å². The van der Waals surface area contributed by atoms with E-state index in [4.69, 9.17) is 28.4 Å². The lowest BCUT2D eigenvalue weighted by atomic mass is 9.90. The molecule has 4 aromatic carbocycles. The minimum absolute atomic E-state index is 0.207. The number of unbranched alkanes of at least 4 members (excludes halogenated alkanes) is 2. The number of hydrazine groups is 3. The number of benzene rings is 4. The summed E-state index contributed by atoms with van der Waals surface area (Å²) in [4.78, 5) is 0. The largest absolute Gasteiger partial charge is 0.494 e. The summed E-state index contributed by atoms with van der Waals surface area (Å²) in [5.41, 5.74) is 26.9. The Morgan fingerprint density at radius 1 is 0.473 bits per heavy atom. The average molecular weight is 755 g/mol. The number of ether oxygens (including phenoxy) is 6. The molecule has 2 fully saturated rings. The van der Waals surface area contributed by atoms with Gasteiger partial charge in [0, 0.05) is 24.0 Å². The fourth-order valence-corrected chi connectivity index (χ4v) is 5.91. The van der Waals surface area contributed by atoms with Gasteiger partial charge in [0.05, 0.1) is 87.0 Å². The molecule has 0 spiro atoms. The fourth-order valence-electron chi connectivity index (χ4n) is 5.91. The lowest BCUT2D eigenvalue weighted by Gasteiger charge is -2.37. The lowest BCUT2D eigenvalue weighted by molar-refractivity contribution is -0.138. The predicted octanol–water partition coefficient (Wildman–Crippen LogP) is 8.74. The Labute approximate surface area is 325 Å². The zero-order valence-corrected chi connectivity index (χ0v) is 32.5. The van der Waals surface area contributed by atoms with Crippen LogP contribution >= 0.6 is 0 Å². The molecule has 12 nitrogen and oxygen atoms in total. The van der Waals surface area contributed by atoms with Crippen LogP contribution in [0.5, 0.6) is 11.5 Å². The number of nitrogens with one attached hydrogen (secondary N) is 6. The van der Waals surface area contributed by atoms with Crippen molar-refractivity contribution in [2.75, 3.05) is 98.6 Å². The molecule has 4 aromatic rings. The van der Waals surface area contributed by atoms with Crippen LogP contribution in [0.2, 0.25) is 0 Å². The Hall–Kier alpha value is -4.88. The van der Waals surface area contributed by atoms with E-state index in [2.05, 4.69) is 59.4 Å². The highest BCUT2D eigenvalue weighted by Crippen LogP contribution is 2.28. The van der Waals surface area contributed by atoms with E-state index >= 15 is 0 Å². The Balaban J connectivity index is 0.815. The van der Waals surface area contributed by atoms with Crippen LogP contribution in [0.15, 0.2) is 91.0 Å². The van der Waals surface area contributed by atoms with Crippen molar-refractivity contribution in [3.63, 3.8) is 0 Å². The zero-order chi connectivity index (χ0) is 38.2. The highest BCUT2D eigenvalue weighted by atomic mass is 16.5. The second-order valence-electron chi connectivity index (χ2n) is 15.2. The van der Waals surface area contributed by atoms with Gasteiger partial charge in [0.2, 0.25) is 0 Å². The first-order valence-corrected chi connectivity index (χ1v) is 19.4. The summed E-state index contributed by atoms with van der Waals surface area (Å²) in [7, 11) is 0. The molecule has 296 valence electrons. The standard InChI is InChI=1S/C43H58N6O6/c1-33-26-38(48-46-37-14-19-40(20-15-37)55-25-7-5-23-51-28-43(3)31-53-32-43)16-21-41(33)49-47-35-10-8-34(9-11-35)44-45-36-12-17-39(18-13-36)54-24-6-4-22-50-27-42(2)29-52-30-42/h8-21,26,44-49H,4-7,22-25,27-32H2,1-3H3. The molecule has 0 amide bonds. The van der Waals surface area contributed by atoms with Crippen LogP contribution in [0.25, 0.3) is 0 Å². The molecule has 0 saturated carbocycles. The molecule has 0 bridgehead atoms. The van der Waals surface area contributed by atoms with E-state index in [9.17, 15) is 0 Å². The van der Waals surface area contributed by atoms with Crippen molar-refractivity contribution in [2.45, 2.75) is 46.5 Å². The number of aryl methyl sites for hydroxylation is 1. The quantitative estimate of drug-likeness (QED) is 0.0286. The van der Waals surface area contributed by atoms with Gasteiger partial charge in [0.1, 0.15) is 11.5 Å². The van der Waals surface area contributed by atoms with Crippen molar-refractivity contribution in [3.8, 4) is 11.5 Å². The first kappa shape index (κ1) is 39.8. The van der Waals surface area contributed by atoms with Gasteiger partial charge in [-0.1, -0.05) is 13.8 Å². The van der Waals surface area contributed by atoms with Crippen LogP contribution in [0, 0.1) is 17.8 Å². The Morgan fingerprint density at radius 2 is 0.836 bits per heavy atom. The van der Waals surface area contributed by atoms with E-state index in [0.29, 0.717) is 13.2 Å². The molecule has 0 aromatic heterocycles. The summed E-state index contributed by atoms with van der Waals surface area (Å²) >= 11 is 0. The van der Waals surface area contributed by atoms with Gasteiger partial charge in [-0.3, -0.25) is 0 Å². The third-order valence-electron chi connectivity index (χ3n) is 9.47. The van der Waals surface area contributed by atoms with Crippen molar-refractivity contribution >= 4 is 34.1 Å². The van der Waals surface area contributed by atoms with Crippen LogP contribution in [0.3, 0.4) is 0 Å². The molecule has 6 N–H and O–H groups in total. The predicted molar refractivity (Wildman–Crippen MR) is 221 cm³/mol. The molecule has 12 heteroatoms. The molecule has 6 rings (SSSR count). The zero-order valence-electron chi connectivity index (χ0n) is 32.5. The van der Waals surface area contributed by atoms with Gasteiger partial charge >= 0.3 is 0 Å². The van der Waals surface area contributed by atoms with E-state index in [1.807, 2.05) is 84.9 Å². The minimum Gasteiger partial charge on any atom is -0.494 e. The maximum absolute atomic E-state index is 5.90. The van der Waals surface area contributed by atoms with Crippen LogP contribution in [0.1, 0.15) is 45.1 Å². The molecule has 0 aliphatic carbocycles. The average Bonchev–Trinajstić information content (AvgIpc) is 3.18. The second kappa shape index (κ2) is 20.2. The van der Waals surface area contributed by atoms with E-state index in [-0.39, 0.29) is 10.8 Å². The SMILES string of the molecule is Cc1cc(NNc2ccc(OCCCCOCC3(C)COC3)cc2)ccc1NNc1ccc(NNc2ccc(OCCCCOCC3(C)COC3)cc2)cc1. The molecule has 2 saturated heterocycles. The molecule has 0 atom stereocenters. The molecular formula is C43H58N6O6. The summed E-state index contributed by atoms with van der Waals surface area (Å²) in [5.74, 6) is 1.71. The topological polar surface area (TPSA) is 128 Å². The number of rotatable bonds is 25. The number of hydrogen-bond acceptors (Lipinski definition) is 12. The maximum atomic E-state index is 5.90. The minimum atomic E-state index is 0.207. The van der Waals surface area contributed by atoms with Crippen LogP contribution in [0.4, 0.5) is 34.1 Å². The smallest absolute Gasteiger partial charge is 0.119 e. The summed E-state index contributed by atoms with van der Waals surface area (Å²) < 4.78 is 33.9. The summed E-state index contributed by atoms with van der Waals surface area (Å²) in [6.45, 7) is 14.1. The van der Waals surface area contributed by atoms with Gasteiger partial charge in [-0.2, -0.15) is 0 Å². The lowest BCUT2D eigenvalue weighted by Crippen LogP contribution is -2.43. The van der Waals surface area contributed by atoms with Gasteiger partial charge in [-0.05, 0) is 129 Å². The molecule has 2 aliphatic heterocycles. The number of hydrogen-bond donors (Lipinski definition) is 6. The van der Waals surface area contributed by atoms with E-state index < -0.39 is 0 Å². The summed E-state index contributed by atoms with van der Waals surface area (Å²) in [6, 6.07) is 30.1. The van der Waals surface area contributed by atoms with Crippen LogP contribution in [-0.2, 0) is 18.9 Å². The van der Waals surface area contributed by atoms with Gasteiger partial charge < -0.3 is 61.0 Å². The van der Waals surface area contributed by atoms with Gasteiger partial charge in [-0.25, -0.2) is 0 Å². The van der Waals surface area contributed by atoms with Gasteiger partial charge in [0.25, 0.3) is 0 Å². The fraction of sp³-hybridized carbons (Fsp3) is 0.442. The summed E-state index contributed by atoms with van der Waals surface area (Å²) in [5, 5.41) is 0. The Morgan fingerprint density at radius 3 is 1.24 bits per heavy atom. The van der Waals surface area contributed by atoms with E-state index in [1.165, 1.54) is 0 Å². The first-order valence-electron chi connectivity index (χ1n) is 19.4. The van der Waals surface area contributed by atoms with Crippen molar-refractivity contribution in [1.29, 1.82) is 0 Å². The van der Waals surface area contributed by atoms with Crippen LogP contribution < -0.4 is 42.0 Å². The molecular weight excluding hydrogens is 697 g/mol. The molecule has 0 unspecified atom stereocenters. The Kier molecular flexibility index (Phi) is 14.6. The molecule has 2 heterocycles. The van der Waals surface area contributed by atoms with Crippen molar-refractivity contribution < 1.29 is 28.4 Å². The maximum Gasteiger partial charge on any atom is 0.119 e. The van der Waals surface area contributed by atoms with Crippen LogP contribution in [-0.4, -0.2) is 66.1 Å². The first-order chi connectivity index (χ1) is 26.8. The Bertz CT molecular complexity index is 1720. The molecule has 2 aliphatic rings. The van der Waals surface area contributed by atoms with Crippen molar-refractivity contribution in [1.82, 2.24) is 0 Å². The highest BCUT2D eigenvalue weighted by molar-refractivity contribution is 5.64. The summed E-state index contributed by atoms with van der Waals surface area (Å²) in [6.07, 6.45) is 3.88. The highest BCUT2D eigenvalue weighted by Gasteiger charge is 2.34. The van der Waals surface area contributed by atoms with Crippen molar-refractivity contribution in [3.05, 3.63) is 96.6 Å². The van der Waals surface area contributed by atoms with E-state index in [1.54, 1.807) is 0 Å². The third-order valence-corrected chi connectivity index (χ3v) is 9.47. The molecule has 55 heavy (non-hydrogen) atoms. The third kappa shape index (κ3) is 13.1. The second-order valence-corrected chi connectivity index (χ2v) is 15.2.